The quantitative estimate of drug-likeness (QED) is 0.322. The number of halogens is 1. The number of carbonyl (C=O) groups is 2. The molecular weight excluding hydrogens is 474 g/mol. The molecule has 3 aromatic carbocycles. The number of benzene rings is 3. The van der Waals surface area contributed by atoms with Crippen LogP contribution in [-0.2, 0) is 4.79 Å². The molecule has 1 atom stereocenters. The summed E-state index contributed by atoms with van der Waals surface area (Å²) in [5, 5.41) is 17.0. The van der Waals surface area contributed by atoms with Gasteiger partial charge < -0.3 is 15.2 Å². The summed E-state index contributed by atoms with van der Waals surface area (Å²) in [7, 11) is 1.44. The Kier molecular flexibility index (Phi) is 7.99. The van der Waals surface area contributed by atoms with Crippen molar-refractivity contribution in [3.05, 3.63) is 94.0 Å². The molecule has 0 bridgehead atoms. The summed E-state index contributed by atoms with van der Waals surface area (Å²) in [4.78, 5) is 25.2. The highest BCUT2D eigenvalue weighted by atomic mass is 79.9. The zero-order valence-electron chi connectivity index (χ0n) is 17.3. The number of carbonyl (C=O) groups excluding carboxylic acids is 2. The molecule has 0 unspecified atom stereocenters. The molecule has 8 heteroatoms. The van der Waals surface area contributed by atoms with E-state index in [2.05, 4.69) is 31.8 Å². The van der Waals surface area contributed by atoms with Gasteiger partial charge >= 0.3 is 0 Å². The van der Waals surface area contributed by atoms with Gasteiger partial charge in [-0.25, -0.2) is 5.43 Å². The van der Waals surface area contributed by atoms with Crippen molar-refractivity contribution in [1.82, 2.24) is 10.7 Å². The lowest BCUT2D eigenvalue weighted by Gasteiger charge is -2.18. The van der Waals surface area contributed by atoms with Crippen LogP contribution in [0, 0.1) is 0 Å². The summed E-state index contributed by atoms with van der Waals surface area (Å²) in [6, 6.07) is 20.8. The van der Waals surface area contributed by atoms with Gasteiger partial charge in [0.2, 0.25) is 5.91 Å². The number of hydrogen-bond acceptors (Lipinski definition) is 5. The van der Waals surface area contributed by atoms with Crippen molar-refractivity contribution in [1.29, 1.82) is 0 Å². The molecule has 3 rings (SSSR count). The molecule has 164 valence electrons. The van der Waals surface area contributed by atoms with E-state index >= 15 is 0 Å². The molecular formula is C24H22BrN3O4. The molecule has 0 aromatic heterocycles. The van der Waals surface area contributed by atoms with Gasteiger partial charge in [-0.05, 0) is 29.8 Å². The number of amides is 2. The first-order chi connectivity index (χ1) is 15.5. The Morgan fingerprint density at radius 1 is 1.09 bits per heavy atom. The van der Waals surface area contributed by atoms with Crippen molar-refractivity contribution >= 4 is 34.0 Å². The largest absolute Gasteiger partial charge is 0.504 e. The molecule has 2 amide bonds. The first-order valence-electron chi connectivity index (χ1n) is 9.77. The number of nitrogens with zero attached hydrogens (tertiary/aromatic N) is 1. The highest BCUT2D eigenvalue weighted by molar-refractivity contribution is 9.10. The minimum Gasteiger partial charge on any atom is -0.504 e. The molecule has 0 spiro atoms. The molecule has 7 nitrogen and oxygen atoms in total. The number of hydrazone groups is 1. The first-order valence-corrected chi connectivity index (χ1v) is 10.6. The molecule has 0 aliphatic rings. The van der Waals surface area contributed by atoms with Crippen molar-refractivity contribution in [3.8, 4) is 11.5 Å². The Balaban J connectivity index is 1.70. The van der Waals surface area contributed by atoms with Crippen LogP contribution in [0.15, 0.2) is 82.4 Å². The molecule has 3 aromatic rings. The van der Waals surface area contributed by atoms with Crippen LogP contribution in [0.4, 0.5) is 0 Å². The molecule has 0 saturated heterocycles. The minimum atomic E-state index is -0.543. The maximum absolute atomic E-state index is 12.6. The lowest BCUT2D eigenvalue weighted by atomic mass is 10.0. The summed E-state index contributed by atoms with van der Waals surface area (Å²) in [6.07, 6.45) is 1.30. The summed E-state index contributed by atoms with van der Waals surface area (Å²) < 4.78 is 5.79. The van der Waals surface area contributed by atoms with Gasteiger partial charge in [0, 0.05) is 15.6 Å². The van der Waals surface area contributed by atoms with Crippen molar-refractivity contribution in [3.63, 3.8) is 0 Å². The van der Waals surface area contributed by atoms with E-state index in [1.807, 2.05) is 36.4 Å². The Morgan fingerprint density at radius 2 is 1.75 bits per heavy atom. The average molecular weight is 496 g/mol. The second kappa shape index (κ2) is 11.1. The van der Waals surface area contributed by atoms with E-state index < -0.39 is 11.9 Å². The van der Waals surface area contributed by atoms with Crippen molar-refractivity contribution in [2.75, 3.05) is 7.11 Å². The molecule has 0 radical (unpaired) electrons. The fraction of sp³-hybridized carbons (Fsp3) is 0.125. The average Bonchev–Trinajstić information content (AvgIpc) is 2.81. The smallest absolute Gasteiger partial charge is 0.251 e. The third kappa shape index (κ3) is 6.18. The van der Waals surface area contributed by atoms with Crippen LogP contribution in [0.3, 0.4) is 0 Å². The highest BCUT2D eigenvalue weighted by Gasteiger charge is 2.19. The number of phenolic OH excluding ortho intramolecular Hbond substituents is 1. The third-order valence-electron chi connectivity index (χ3n) is 4.61. The van der Waals surface area contributed by atoms with Crippen LogP contribution < -0.4 is 15.5 Å². The molecule has 0 fully saturated rings. The van der Waals surface area contributed by atoms with Gasteiger partial charge in [-0.15, -0.1) is 0 Å². The van der Waals surface area contributed by atoms with Gasteiger partial charge in [-0.1, -0.05) is 64.5 Å². The first kappa shape index (κ1) is 23.0. The van der Waals surface area contributed by atoms with Crippen LogP contribution in [0.2, 0.25) is 0 Å². The Morgan fingerprint density at radius 3 is 2.41 bits per heavy atom. The van der Waals surface area contributed by atoms with Gasteiger partial charge in [-0.3, -0.25) is 9.59 Å². The normalized spacial score (nSPS) is 11.7. The number of aromatic hydroxyl groups is 1. The zero-order valence-corrected chi connectivity index (χ0v) is 18.9. The number of ether oxygens (including phenoxy) is 1. The van der Waals surface area contributed by atoms with Crippen LogP contribution >= 0.6 is 15.9 Å². The number of phenols is 1. The Labute approximate surface area is 194 Å². The maximum Gasteiger partial charge on any atom is 0.251 e. The van der Waals surface area contributed by atoms with Crippen LogP contribution in [0.1, 0.15) is 33.9 Å². The van der Waals surface area contributed by atoms with Crippen molar-refractivity contribution in [2.24, 2.45) is 5.10 Å². The van der Waals surface area contributed by atoms with Crippen LogP contribution in [-0.4, -0.2) is 30.2 Å². The van der Waals surface area contributed by atoms with E-state index in [0.717, 1.165) is 5.56 Å². The second-order valence-electron chi connectivity index (χ2n) is 6.85. The Hall–Kier alpha value is -3.65. The number of rotatable bonds is 8. The van der Waals surface area contributed by atoms with Gasteiger partial charge in [0.15, 0.2) is 11.5 Å². The van der Waals surface area contributed by atoms with E-state index in [1.165, 1.54) is 13.3 Å². The SMILES string of the molecule is COc1cc(Br)cc(/C=N\NC(=O)C[C@@H](NC(=O)c2ccccc2)c2ccccc2)c1O. The maximum atomic E-state index is 12.6. The van der Waals surface area contributed by atoms with Gasteiger partial charge in [0.05, 0.1) is 25.8 Å². The van der Waals surface area contributed by atoms with Gasteiger partial charge in [0.1, 0.15) is 0 Å². The molecule has 0 aliphatic heterocycles. The predicted octanol–water partition coefficient (Wildman–Crippen LogP) is 4.17. The third-order valence-corrected chi connectivity index (χ3v) is 5.07. The molecule has 0 heterocycles. The summed E-state index contributed by atoms with van der Waals surface area (Å²) in [6.45, 7) is 0. The predicted molar refractivity (Wildman–Crippen MR) is 126 cm³/mol. The standard InChI is InChI=1S/C24H22BrN3O4/c1-32-21-13-19(25)12-18(23(21)30)15-26-28-22(29)14-20(16-8-4-2-5-9-16)27-24(31)17-10-6-3-7-11-17/h2-13,15,20,30H,14H2,1H3,(H,27,31)(H,28,29)/b26-15-/t20-/m1/s1. The summed E-state index contributed by atoms with van der Waals surface area (Å²) in [5.41, 5.74) is 4.11. The topological polar surface area (TPSA) is 100 Å². The van der Waals surface area contributed by atoms with Crippen molar-refractivity contribution in [2.45, 2.75) is 12.5 Å². The number of nitrogens with one attached hydrogen (secondary N) is 2. The van der Waals surface area contributed by atoms with Crippen LogP contribution in [0.5, 0.6) is 11.5 Å². The fourth-order valence-corrected chi connectivity index (χ4v) is 3.48. The highest BCUT2D eigenvalue weighted by Crippen LogP contribution is 2.32. The van der Waals surface area contributed by atoms with Gasteiger partial charge in [-0.2, -0.15) is 5.10 Å². The Bertz CT molecular complexity index is 1100. The van der Waals surface area contributed by atoms with Gasteiger partial charge in [0.25, 0.3) is 5.91 Å². The van der Waals surface area contributed by atoms with E-state index in [4.69, 9.17) is 4.74 Å². The van der Waals surface area contributed by atoms with E-state index in [9.17, 15) is 14.7 Å². The lowest BCUT2D eigenvalue weighted by Crippen LogP contribution is -2.32. The zero-order chi connectivity index (χ0) is 22.9. The second-order valence-corrected chi connectivity index (χ2v) is 7.76. The molecule has 0 aliphatic carbocycles. The van der Waals surface area contributed by atoms with Crippen LogP contribution in [0.25, 0.3) is 0 Å². The summed E-state index contributed by atoms with van der Waals surface area (Å²) >= 11 is 3.33. The van der Waals surface area contributed by atoms with E-state index in [-0.39, 0.29) is 23.8 Å². The number of methoxy groups -OCH3 is 1. The minimum absolute atomic E-state index is 0.0201. The number of hydrogen-bond donors (Lipinski definition) is 3. The molecule has 0 saturated carbocycles. The fourth-order valence-electron chi connectivity index (χ4n) is 3.02. The van der Waals surface area contributed by atoms with E-state index in [1.54, 1.807) is 36.4 Å². The van der Waals surface area contributed by atoms with Crippen molar-refractivity contribution < 1.29 is 19.4 Å². The molecule has 3 N–H and O–H groups in total. The molecule has 32 heavy (non-hydrogen) atoms. The monoisotopic (exact) mass is 495 g/mol. The summed E-state index contributed by atoms with van der Waals surface area (Å²) in [5.74, 6) is -0.488. The van der Waals surface area contributed by atoms with E-state index in [0.29, 0.717) is 15.6 Å². The lowest BCUT2D eigenvalue weighted by molar-refractivity contribution is -0.121.